The minimum absolute atomic E-state index is 0.0784. The Bertz CT molecular complexity index is 811. The largest absolute Gasteiger partial charge is 0.385 e. The number of halogens is 2. The van der Waals surface area contributed by atoms with Crippen LogP contribution >= 0.6 is 11.6 Å². The van der Waals surface area contributed by atoms with Crippen molar-refractivity contribution in [2.45, 2.75) is 18.2 Å². The van der Waals surface area contributed by atoms with E-state index in [0.29, 0.717) is 16.1 Å². The molecule has 124 valence electrons. The summed E-state index contributed by atoms with van der Waals surface area (Å²) >= 11 is 6.15. The number of aliphatic hydroxyl groups is 2. The highest BCUT2D eigenvalue weighted by molar-refractivity contribution is 6.31. The van der Waals surface area contributed by atoms with Crippen molar-refractivity contribution in [3.05, 3.63) is 83.2 Å². The maximum Gasteiger partial charge on any atom is 0.139 e. The van der Waals surface area contributed by atoms with Gasteiger partial charge in [-0.05, 0) is 23.8 Å². The SMILES string of the molecule is O[C@@H](c1ccccc1Cl)[C@](O)(Cn1cncn1)c1ccc(F)cc1. The number of hydrogen-bond acceptors (Lipinski definition) is 4. The van der Waals surface area contributed by atoms with E-state index in [-0.39, 0.29) is 6.54 Å². The van der Waals surface area contributed by atoms with Gasteiger partial charge < -0.3 is 10.2 Å². The summed E-state index contributed by atoms with van der Waals surface area (Å²) in [6, 6.07) is 12.0. The summed E-state index contributed by atoms with van der Waals surface area (Å²) in [6.07, 6.45) is 1.40. The molecule has 2 N–H and O–H groups in total. The summed E-state index contributed by atoms with van der Waals surface area (Å²) in [6.45, 7) is -0.0784. The highest BCUT2D eigenvalue weighted by Crippen LogP contribution is 2.39. The molecule has 0 bridgehead atoms. The lowest BCUT2D eigenvalue weighted by Crippen LogP contribution is -2.38. The zero-order valence-corrected chi connectivity index (χ0v) is 13.3. The normalized spacial score (nSPS) is 15.0. The molecule has 0 saturated heterocycles. The third-order valence-electron chi connectivity index (χ3n) is 3.87. The number of rotatable bonds is 5. The smallest absolute Gasteiger partial charge is 0.139 e. The van der Waals surface area contributed by atoms with Gasteiger partial charge in [0.25, 0.3) is 0 Å². The summed E-state index contributed by atoms with van der Waals surface area (Å²) < 4.78 is 14.6. The molecule has 0 saturated carbocycles. The molecule has 5 nitrogen and oxygen atoms in total. The van der Waals surface area contributed by atoms with Gasteiger partial charge in [-0.25, -0.2) is 14.1 Å². The van der Waals surface area contributed by atoms with Gasteiger partial charge in [0, 0.05) is 10.6 Å². The molecule has 1 heterocycles. The molecule has 1 aromatic heterocycles. The van der Waals surface area contributed by atoms with E-state index in [0.717, 1.165) is 0 Å². The fraction of sp³-hybridized carbons (Fsp3) is 0.176. The van der Waals surface area contributed by atoms with Gasteiger partial charge in [-0.15, -0.1) is 0 Å². The maximum atomic E-state index is 13.2. The molecule has 24 heavy (non-hydrogen) atoms. The van der Waals surface area contributed by atoms with Gasteiger partial charge in [0.05, 0.1) is 6.54 Å². The summed E-state index contributed by atoms with van der Waals surface area (Å²) in [7, 11) is 0. The molecular weight excluding hydrogens is 333 g/mol. The lowest BCUT2D eigenvalue weighted by atomic mass is 9.84. The first kappa shape index (κ1) is 16.6. The molecule has 2 aromatic carbocycles. The fourth-order valence-corrected chi connectivity index (χ4v) is 2.83. The van der Waals surface area contributed by atoms with Gasteiger partial charge in [-0.2, -0.15) is 5.10 Å². The fourth-order valence-electron chi connectivity index (χ4n) is 2.59. The third-order valence-corrected chi connectivity index (χ3v) is 4.21. The van der Waals surface area contributed by atoms with Gasteiger partial charge in [-0.1, -0.05) is 41.9 Å². The molecule has 3 rings (SSSR count). The van der Waals surface area contributed by atoms with Crippen LogP contribution < -0.4 is 0 Å². The zero-order valence-electron chi connectivity index (χ0n) is 12.5. The number of benzene rings is 2. The van der Waals surface area contributed by atoms with Crippen LogP contribution in [0.3, 0.4) is 0 Å². The summed E-state index contributed by atoms with van der Waals surface area (Å²) in [5, 5.41) is 26.4. The van der Waals surface area contributed by atoms with Crippen molar-refractivity contribution in [1.82, 2.24) is 14.8 Å². The van der Waals surface area contributed by atoms with E-state index in [9.17, 15) is 14.6 Å². The van der Waals surface area contributed by atoms with Crippen LogP contribution in [0.15, 0.2) is 61.2 Å². The monoisotopic (exact) mass is 347 g/mol. The summed E-state index contributed by atoms with van der Waals surface area (Å²) in [5.74, 6) is -0.436. The van der Waals surface area contributed by atoms with Crippen LogP contribution in [0.5, 0.6) is 0 Å². The minimum atomic E-state index is -1.77. The Morgan fingerprint density at radius 2 is 1.88 bits per heavy atom. The van der Waals surface area contributed by atoms with Crippen LogP contribution in [0.2, 0.25) is 5.02 Å². The van der Waals surface area contributed by atoms with Crippen molar-refractivity contribution in [3.63, 3.8) is 0 Å². The minimum Gasteiger partial charge on any atom is -0.385 e. The molecule has 0 aliphatic carbocycles. The molecule has 0 spiro atoms. The van der Waals surface area contributed by atoms with Gasteiger partial charge in [-0.3, -0.25) is 0 Å². The highest BCUT2D eigenvalue weighted by atomic mass is 35.5. The molecular formula is C17H15ClFN3O2. The van der Waals surface area contributed by atoms with E-state index < -0.39 is 17.5 Å². The molecule has 3 aromatic rings. The van der Waals surface area contributed by atoms with E-state index in [1.54, 1.807) is 24.3 Å². The number of aliphatic hydroxyl groups excluding tert-OH is 1. The Kier molecular flexibility index (Phi) is 4.62. The number of nitrogens with zero attached hydrogens (tertiary/aromatic N) is 3. The predicted molar refractivity (Wildman–Crippen MR) is 86.7 cm³/mol. The maximum absolute atomic E-state index is 13.2. The van der Waals surface area contributed by atoms with Gasteiger partial charge in [0.2, 0.25) is 0 Å². The van der Waals surface area contributed by atoms with E-state index in [4.69, 9.17) is 11.6 Å². The topological polar surface area (TPSA) is 71.2 Å². The van der Waals surface area contributed by atoms with Crippen LogP contribution in [0, 0.1) is 5.82 Å². The Morgan fingerprint density at radius 1 is 1.17 bits per heavy atom. The molecule has 2 atom stereocenters. The first-order chi connectivity index (χ1) is 11.5. The van der Waals surface area contributed by atoms with Crippen LogP contribution in [-0.4, -0.2) is 25.0 Å². The van der Waals surface area contributed by atoms with E-state index in [2.05, 4.69) is 10.1 Å². The van der Waals surface area contributed by atoms with Crippen LogP contribution in [0.1, 0.15) is 17.2 Å². The second-order valence-corrected chi connectivity index (χ2v) is 5.86. The molecule has 0 fully saturated rings. The van der Waals surface area contributed by atoms with Crippen molar-refractivity contribution >= 4 is 11.6 Å². The molecule has 0 amide bonds. The average Bonchev–Trinajstić information content (AvgIpc) is 3.08. The first-order valence-electron chi connectivity index (χ1n) is 7.24. The molecule has 0 aliphatic rings. The van der Waals surface area contributed by atoms with Crippen molar-refractivity contribution in [3.8, 4) is 0 Å². The van der Waals surface area contributed by atoms with Gasteiger partial charge >= 0.3 is 0 Å². The van der Waals surface area contributed by atoms with E-state index in [1.807, 2.05) is 0 Å². The molecule has 7 heteroatoms. The van der Waals surface area contributed by atoms with Gasteiger partial charge in [0.1, 0.15) is 30.2 Å². The molecule has 0 aliphatic heterocycles. The van der Waals surface area contributed by atoms with Crippen molar-refractivity contribution in [2.24, 2.45) is 0 Å². The van der Waals surface area contributed by atoms with Gasteiger partial charge in [0.15, 0.2) is 0 Å². The average molecular weight is 348 g/mol. The second-order valence-electron chi connectivity index (χ2n) is 5.45. The standard InChI is InChI=1S/C17H15ClFN3O2/c18-15-4-2-1-3-14(15)16(23)17(24,9-22-11-20-10-21-22)12-5-7-13(19)8-6-12/h1-8,10-11,16,23-24H,9H2/t16-,17-/m0/s1. The lowest BCUT2D eigenvalue weighted by Gasteiger charge is -2.34. The Morgan fingerprint density at radius 3 is 2.50 bits per heavy atom. The Balaban J connectivity index is 2.07. The first-order valence-corrected chi connectivity index (χ1v) is 7.62. The predicted octanol–water partition coefficient (Wildman–Crippen LogP) is 2.69. The van der Waals surface area contributed by atoms with Crippen LogP contribution in [0.4, 0.5) is 4.39 Å². The summed E-state index contributed by atoms with van der Waals surface area (Å²) in [4.78, 5) is 3.84. The zero-order chi connectivity index (χ0) is 17.2. The second kappa shape index (κ2) is 6.68. The molecule has 0 radical (unpaired) electrons. The highest BCUT2D eigenvalue weighted by Gasteiger charge is 2.40. The third kappa shape index (κ3) is 3.17. The van der Waals surface area contributed by atoms with Crippen molar-refractivity contribution < 1.29 is 14.6 Å². The van der Waals surface area contributed by atoms with Crippen molar-refractivity contribution in [2.75, 3.05) is 0 Å². The van der Waals surface area contributed by atoms with Crippen LogP contribution in [0.25, 0.3) is 0 Å². The van der Waals surface area contributed by atoms with E-state index in [1.165, 1.54) is 41.6 Å². The van der Waals surface area contributed by atoms with Crippen LogP contribution in [-0.2, 0) is 12.1 Å². The number of hydrogen-bond donors (Lipinski definition) is 2. The van der Waals surface area contributed by atoms with E-state index >= 15 is 0 Å². The Hall–Kier alpha value is -2.28. The lowest BCUT2D eigenvalue weighted by molar-refractivity contribution is -0.0965. The molecule has 0 unspecified atom stereocenters. The summed E-state index contributed by atoms with van der Waals surface area (Å²) in [5.41, 5.74) is -1.07. The Labute approximate surface area is 143 Å². The van der Waals surface area contributed by atoms with Crippen molar-refractivity contribution in [1.29, 1.82) is 0 Å². The number of aromatic nitrogens is 3. The quantitative estimate of drug-likeness (QED) is 0.744.